The molecule has 18 heavy (non-hydrogen) atoms. The molecule has 5 nitrogen and oxygen atoms in total. The van der Waals surface area contributed by atoms with Gasteiger partial charge in [0.05, 0.1) is 11.3 Å². The number of carbonyl (C=O) groups is 1. The molecule has 1 amide bonds. The van der Waals surface area contributed by atoms with E-state index in [-0.39, 0.29) is 24.1 Å². The van der Waals surface area contributed by atoms with Crippen LogP contribution in [0.15, 0.2) is 24.3 Å². The molecule has 1 rings (SSSR count). The van der Waals surface area contributed by atoms with Crippen LogP contribution in [-0.2, 0) is 11.2 Å². The van der Waals surface area contributed by atoms with Crippen LogP contribution < -0.4 is 5.32 Å². The zero-order valence-electron chi connectivity index (χ0n) is 10.7. The molecule has 1 aromatic carbocycles. The molecule has 0 unspecified atom stereocenters. The summed E-state index contributed by atoms with van der Waals surface area (Å²) in [7, 11) is 0. The number of carbonyl (C=O) groups excluding carboxylic acids is 1. The molecule has 0 spiro atoms. The number of nitrogens with zero attached hydrogens (tertiary/aromatic N) is 1. The van der Waals surface area contributed by atoms with Gasteiger partial charge in [0.25, 0.3) is 5.69 Å². The first kappa shape index (κ1) is 14.2. The lowest BCUT2D eigenvalue weighted by molar-refractivity contribution is -0.384. The molecule has 0 aliphatic heterocycles. The summed E-state index contributed by atoms with van der Waals surface area (Å²) in [5.74, 6) is -0.0439. The zero-order valence-corrected chi connectivity index (χ0v) is 10.7. The van der Waals surface area contributed by atoms with Crippen molar-refractivity contribution in [1.82, 2.24) is 5.32 Å². The Morgan fingerprint density at radius 3 is 2.28 bits per heavy atom. The number of nitro benzene ring substituents is 1. The maximum Gasteiger partial charge on any atom is 0.269 e. The lowest BCUT2D eigenvalue weighted by Gasteiger charge is -2.14. The third kappa shape index (κ3) is 4.16. The van der Waals surface area contributed by atoms with Gasteiger partial charge < -0.3 is 5.32 Å². The fourth-order valence-electron chi connectivity index (χ4n) is 1.69. The van der Waals surface area contributed by atoms with Crippen molar-refractivity contribution in [3.05, 3.63) is 39.9 Å². The summed E-state index contributed by atoms with van der Waals surface area (Å²) < 4.78 is 0. The Hall–Kier alpha value is -1.91. The van der Waals surface area contributed by atoms with E-state index < -0.39 is 4.92 Å². The van der Waals surface area contributed by atoms with Gasteiger partial charge in [-0.3, -0.25) is 14.9 Å². The molecule has 1 aromatic rings. The number of benzene rings is 1. The Labute approximate surface area is 106 Å². The summed E-state index contributed by atoms with van der Waals surface area (Å²) in [5.41, 5.74) is 0.822. The molecule has 0 saturated carbocycles. The standard InChI is InChI=1S/C13H18N2O3/c1-3-11(4-2)14-13(16)9-10-5-7-12(8-6-10)15(17)18/h5-8,11H,3-4,9H2,1-2H3,(H,14,16). The maximum atomic E-state index is 11.7. The van der Waals surface area contributed by atoms with Crippen molar-refractivity contribution < 1.29 is 9.72 Å². The monoisotopic (exact) mass is 250 g/mol. The summed E-state index contributed by atoms with van der Waals surface area (Å²) in [6.07, 6.45) is 2.07. The molecule has 98 valence electrons. The molecule has 0 aromatic heterocycles. The van der Waals surface area contributed by atoms with E-state index in [4.69, 9.17) is 0 Å². The van der Waals surface area contributed by atoms with E-state index in [9.17, 15) is 14.9 Å². The predicted octanol–water partition coefficient (Wildman–Crippen LogP) is 2.44. The summed E-state index contributed by atoms with van der Waals surface area (Å²) in [6, 6.07) is 6.27. The van der Waals surface area contributed by atoms with Crippen LogP contribution in [0.5, 0.6) is 0 Å². The van der Waals surface area contributed by atoms with Gasteiger partial charge in [-0.15, -0.1) is 0 Å². The van der Waals surface area contributed by atoms with Gasteiger partial charge in [0, 0.05) is 18.2 Å². The van der Waals surface area contributed by atoms with Crippen LogP contribution in [0.2, 0.25) is 0 Å². The van der Waals surface area contributed by atoms with Crippen LogP contribution >= 0.6 is 0 Å². The second kappa shape index (κ2) is 6.74. The Balaban J connectivity index is 2.56. The smallest absolute Gasteiger partial charge is 0.269 e. The molecule has 0 fully saturated rings. The molecule has 0 heterocycles. The van der Waals surface area contributed by atoms with Gasteiger partial charge in [-0.05, 0) is 18.4 Å². The maximum absolute atomic E-state index is 11.7. The van der Waals surface area contributed by atoms with Gasteiger partial charge in [-0.25, -0.2) is 0 Å². The van der Waals surface area contributed by atoms with Crippen molar-refractivity contribution >= 4 is 11.6 Å². The molecule has 0 bridgehead atoms. The third-order valence-electron chi connectivity index (χ3n) is 2.86. The second-order valence-electron chi connectivity index (χ2n) is 4.18. The van der Waals surface area contributed by atoms with Gasteiger partial charge in [0.1, 0.15) is 0 Å². The first-order valence-corrected chi connectivity index (χ1v) is 6.09. The van der Waals surface area contributed by atoms with E-state index in [1.807, 2.05) is 13.8 Å². The summed E-state index contributed by atoms with van der Waals surface area (Å²) >= 11 is 0. The first-order chi connectivity index (χ1) is 8.56. The normalized spacial score (nSPS) is 10.4. The van der Waals surface area contributed by atoms with Gasteiger partial charge in [0.2, 0.25) is 5.91 Å². The minimum Gasteiger partial charge on any atom is -0.353 e. The summed E-state index contributed by atoms with van der Waals surface area (Å²) in [6.45, 7) is 4.06. The highest BCUT2D eigenvalue weighted by molar-refractivity contribution is 5.78. The van der Waals surface area contributed by atoms with Crippen LogP contribution in [0.1, 0.15) is 32.3 Å². The lowest BCUT2D eigenvalue weighted by Crippen LogP contribution is -2.34. The topological polar surface area (TPSA) is 72.2 Å². The highest BCUT2D eigenvalue weighted by Crippen LogP contribution is 2.12. The fraction of sp³-hybridized carbons (Fsp3) is 0.462. The fourth-order valence-corrected chi connectivity index (χ4v) is 1.69. The largest absolute Gasteiger partial charge is 0.353 e. The van der Waals surface area contributed by atoms with Crippen LogP contribution in [0, 0.1) is 10.1 Å². The zero-order chi connectivity index (χ0) is 13.5. The number of amides is 1. The molecule has 1 N–H and O–H groups in total. The van der Waals surface area contributed by atoms with E-state index in [2.05, 4.69) is 5.32 Å². The SMILES string of the molecule is CCC(CC)NC(=O)Cc1ccc([N+](=O)[O-])cc1. The summed E-state index contributed by atoms with van der Waals surface area (Å²) in [5, 5.41) is 13.4. The molecular weight excluding hydrogens is 232 g/mol. The van der Waals surface area contributed by atoms with Crippen LogP contribution in [0.3, 0.4) is 0 Å². The van der Waals surface area contributed by atoms with E-state index in [0.29, 0.717) is 0 Å². The van der Waals surface area contributed by atoms with Crippen molar-refractivity contribution in [2.45, 2.75) is 39.2 Å². The number of hydrogen-bond donors (Lipinski definition) is 1. The molecule has 5 heteroatoms. The average Bonchev–Trinajstić information content (AvgIpc) is 2.36. The summed E-state index contributed by atoms with van der Waals surface area (Å²) in [4.78, 5) is 21.7. The average molecular weight is 250 g/mol. The Morgan fingerprint density at radius 1 is 1.28 bits per heavy atom. The quantitative estimate of drug-likeness (QED) is 0.622. The highest BCUT2D eigenvalue weighted by Gasteiger charge is 2.10. The lowest BCUT2D eigenvalue weighted by atomic mass is 10.1. The Morgan fingerprint density at radius 2 is 1.83 bits per heavy atom. The van der Waals surface area contributed by atoms with Crippen molar-refractivity contribution in [2.75, 3.05) is 0 Å². The number of non-ortho nitro benzene ring substituents is 1. The molecule has 0 aliphatic carbocycles. The molecule has 0 atom stereocenters. The number of nitrogens with one attached hydrogen (secondary N) is 1. The predicted molar refractivity (Wildman–Crippen MR) is 69.3 cm³/mol. The van der Waals surface area contributed by atoms with Crippen LogP contribution in [0.25, 0.3) is 0 Å². The van der Waals surface area contributed by atoms with E-state index in [1.165, 1.54) is 12.1 Å². The van der Waals surface area contributed by atoms with Crippen molar-refractivity contribution in [2.24, 2.45) is 0 Å². The number of nitro groups is 1. The molecule has 0 radical (unpaired) electrons. The van der Waals surface area contributed by atoms with Gasteiger partial charge >= 0.3 is 0 Å². The van der Waals surface area contributed by atoms with Crippen LogP contribution in [-0.4, -0.2) is 16.9 Å². The number of rotatable bonds is 6. The minimum absolute atomic E-state index is 0.0409. The second-order valence-corrected chi connectivity index (χ2v) is 4.18. The minimum atomic E-state index is -0.450. The highest BCUT2D eigenvalue weighted by atomic mass is 16.6. The van der Waals surface area contributed by atoms with Gasteiger partial charge in [-0.1, -0.05) is 26.0 Å². The first-order valence-electron chi connectivity index (χ1n) is 6.09. The van der Waals surface area contributed by atoms with Crippen molar-refractivity contribution in [1.29, 1.82) is 0 Å². The molecular formula is C13H18N2O3. The third-order valence-corrected chi connectivity index (χ3v) is 2.86. The van der Waals surface area contributed by atoms with E-state index in [1.54, 1.807) is 12.1 Å². The van der Waals surface area contributed by atoms with Gasteiger partial charge in [-0.2, -0.15) is 0 Å². The van der Waals surface area contributed by atoms with Crippen molar-refractivity contribution in [3.63, 3.8) is 0 Å². The molecule has 0 saturated heterocycles. The Bertz CT molecular complexity index is 411. The van der Waals surface area contributed by atoms with E-state index in [0.717, 1.165) is 18.4 Å². The number of hydrogen-bond acceptors (Lipinski definition) is 3. The van der Waals surface area contributed by atoms with Gasteiger partial charge in [0.15, 0.2) is 0 Å². The Kier molecular flexibility index (Phi) is 5.30. The van der Waals surface area contributed by atoms with E-state index >= 15 is 0 Å². The van der Waals surface area contributed by atoms with Crippen molar-refractivity contribution in [3.8, 4) is 0 Å². The molecule has 0 aliphatic rings. The van der Waals surface area contributed by atoms with Crippen LogP contribution in [0.4, 0.5) is 5.69 Å².